The van der Waals surface area contributed by atoms with Crippen LogP contribution in [-0.2, 0) is 11.2 Å². The first kappa shape index (κ1) is 22.4. The van der Waals surface area contributed by atoms with Gasteiger partial charge in [0.2, 0.25) is 5.91 Å². The first-order valence-corrected chi connectivity index (χ1v) is 10.1. The first-order chi connectivity index (χ1) is 14.9. The zero-order valence-corrected chi connectivity index (χ0v) is 17.5. The van der Waals surface area contributed by atoms with E-state index in [1.807, 2.05) is 12.1 Å². The van der Waals surface area contributed by atoms with Crippen LogP contribution in [0.4, 0.5) is 25.8 Å². The van der Waals surface area contributed by atoms with Crippen LogP contribution in [0, 0.1) is 11.6 Å². The molecular weight excluding hydrogens is 402 g/mol. The molecule has 3 rings (SSSR count). The summed E-state index contributed by atoms with van der Waals surface area (Å²) in [4.78, 5) is 15.9. The number of piperazine rings is 1. The summed E-state index contributed by atoms with van der Waals surface area (Å²) >= 11 is 0. The summed E-state index contributed by atoms with van der Waals surface area (Å²) in [5, 5.41) is 5.69. The predicted molar refractivity (Wildman–Crippen MR) is 120 cm³/mol. The second kappa shape index (κ2) is 10.1. The molecule has 166 valence electrons. The molecule has 0 bridgehead atoms. The number of carbonyl (C=O) groups excluding carboxylic acids is 1. The number of nitrogens with two attached hydrogens (primary N) is 2. The van der Waals surface area contributed by atoms with Gasteiger partial charge in [0, 0.05) is 56.0 Å². The van der Waals surface area contributed by atoms with Crippen LogP contribution >= 0.6 is 0 Å². The topological polar surface area (TPSA) is 99.6 Å². The van der Waals surface area contributed by atoms with E-state index in [1.165, 1.54) is 18.3 Å². The van der Waals surface area contributed by atoms with Gasteiger partial charge in [-0.15, -0.1) is 0 Å². The van der Waals surface area contributed by atoms with Crippen LogP contribution in [0.15, 0.2) is 48.3 Å². The summed E-state index contributed by atoms with van der Waals surface area (Å²) in [5.74, 6) is -1.36. The standard InChI is InChI=1S/C22H28F2N6O/c1-27-13-17(26)14-28-18-11-19(23)22(20(24)12-18)30-7-5-29(6-8-30)21(31)10-15-3-2-4-16(25)9-15/h2-4,9,11-12,14,27-28H,5-8,10,13,25-26H2,1H3/b17-14-. The summed E-state index contributed by atoms with van der Waals surface area (Å²) in [5.41, 5.74) is 13.7. The molecule has 6 N–H and O–H groups in total. The number of halogens is 2. The van der Waals surface area contributed by atoms with Gasteiger partial charge in [-0.2, -0.15) is 0 Å². The molecule has 2 aromatic carbocycles. The fourth-order valence-electron chi connectivity index (χ4n) is 3.55. The number of amides is 1. The highest BCUT2D eigenvalue weighted by atomic mass is 19.1. The van der Waals surface area contributed by atoms with Gasteiger partial charge in [0.25, 0.3) is 0 Å². The smallest absolute Gasteiger partial charge is 0.227 e. The van der Waals surface area contributed by atoms with Crippen LogP contribution in [0.1, 0.15) is 5.56 Å². The third-order valence-corrected chi connectivity index (χ3v) is 5.08. The molecule has 2 aromatic rings. The van der Waals surface area contributed by atoms with Gasteiger partial charge < -0.3 is 31.9 Å². The molecule has 0 atom stereocenters. The number of nitrogens with one attached hydrogen (secondary N) is 2. The van der Waals surface area contributed by atoms with Crippen LogP contribution in [0.25, 0.3) is 0 Å². The van der Waals surface area contributed by atoms with Gasteiger partial charge in [-0.3, -0.25) is 4.79 Å². The van der Waals surface area contributed by atoms with Crippen molar-refractivity contribution in [3.63, 3.8) is 0 Å². The maximum atomic E-state index is 14.7. The van der Waals surface area contributed by atoms with E-state index in [0.717, 1.165) is 5.56 Å². The van der Waals surface area contributed by atoms with Gasteiger partial charge in [-0.1, -0.05) is 12.1 Å². The lowest BCUT2D eigenvalue weighted by atomic mass is 10.1. The van der Waals surface area contributed by atoms with E-state index in [0.29, 0.717) is 44.1 Å². The van der Waals surface area contributed by atoms with Crippen LogP contribution < -0.4 is 27.0 Å². The van der Waals surface area contributed by atoms with Crippen LogP contribution in [0.5, 0.6) is 0 Å². The number of hydrogen-bond donors (Lipinski definition) is 4. The highest BCUT2D eigenvalue weighted by Gasteiger charge is 2.25. The minimum atomic E-state index is -0.664. The van der Waals surface area contributed by atoms with Gasteiger partial charge in [-0.25, -0.2) is 8.78 Å². The minimum Gasteiger partial charge on any atom is -0.400 e. The molecular formula is C22H28F2N6O. The third kappa shape index (κ3) is 5.85. The van der Waals surface area contributed by atoms with Gasteiger partial charge in [0.1, 0.15) is 5.69 Å². The normalized spacial score (nSPS) is 14.6. The molecule has 0 radical (unpaired) electrons. The number of likely N-dealkylation sites (N-methyl/N-ethyl adjacent to an activating group) is 1. The average Bonchev–Trinajstić information content (AvgIpc) is 2.72. The van der Waals surface area contributed by atoms with Crippen molar-refractivity contribution in [2.45, 2.75) is 6.42 Å². The Morgan fingerprint density at radius 3 is 2.42 bits per heavy atom. The average molecular weight is 431 g/mol. The number of carbonyl (C=O) groups is 1. The maximum Gasteiger partial charge on any atom is 0.227 e. The summed E-state index contributed by atoms with van der Waals surface area (Å²) in [6.07, 6.45) is 1.74. The third-order valence-electron chi connectivity index (χ3n) is 5.08. The Kier molecular flexibility index (Phi) is 7.30. The zero-order valence-electron chi connectivity index (χ0n) is 17.5. The van der Waals surface area contributed by atoms with Crippen LogP contribution in [-0.4, -0.2) is 50.6 Å². The highest BCUT2D eigenvalue weighted by molar-refractivity contribution is 5.79. The summed E-state index contributed by atoms with van der Waals surface area (Å²) in [7, 11) is 1.75. The van der Waals surface area contributed by atoms with E-state index in [-0.39, 0.29) is 23.7 Å². The Bertz CT molecular complexity index is 934. The molecule has 7 nitrogen and oxygen atoms in total. The van der Waals surface area contributed by atoms with Crippen molar-refractivity contribution < 1.29 is 13.6 Å². The molecule has 1 heterocycles. The number of anilines is 3. The van der Waals surface area contributed by atoms with Crippen molar-refractivity contribution in [1.82, 2.24) is 10.2 Å². The first-order valence-electron chi connectivity index (χ1n) is 10.1. The second-order valence-electron chi connectivity index (χ2n) is 7.47. The lowest BCUT2D eigenvalue weighted by Crippen LogP contribution is -2.49. The molecule has 0 spiro atoms. The van der Waals surface area contributed by atoms with Gasteiger partial charge in [-0.05, 0) is 36.9 Å². The zero-order chi connectivity index (χ0) is 22.4. The Morgan fingerprint density at radius 1 is 1.13 bits per heavy atom. The van der Waals surface area contributed by atoms with Crippen LogP contribution in [0.3, 0.4) is 0 Å². The molecule has 1 saturated heterocycles. The molecule has 9 heteroatoms. The number of benzene rings is 2. The molecule has 1 aliphatic heterocycles. The number of hydrogen-bond acceptors (Lipinski definition) is 6. The molecule has 1 amide bonds. The van der Waals surface area contributed by atoms with Crippen LogP contribution in [0.2, 0.25) is 0 Å². The number of rotatable bonds is 7. The fourth-order valence-corrected chi connectivity index (χ4v) is 3.55. The predicted octanol–water partition coefficient (Wildman–Crippen LogP) is 1.87. The van der Waals surface area contributed by atoms with E-state index in [2.05, 4.69) is 10.6 Å². The molecule has 0 saturated carbocycles. The SMILES string of the molecule is CNC/C(N)=C/Nc1cc(F)c(N2CCN(C(=O)Cc3cccc(N)c3)CC2)c(F)c1. The molecule has 0 unspecified atom stereocenters. The Hall–Kier alpha value is -3.33. The lowest BCUT2D eigenvalue weighted by Gasteiger charge is -2.36. The van der Waals surface area contributed by atoms with E-state index in [1.54, 1.807) is 29.0 Å². The van der Waals surface area contributed by atoms with Crippen molar-refractivity contribution in [3.05, 3.63) is 65.5 Å². The van der Waals surface area contributed by atoms with Crippen molar-refractivity contribution in [1.29, 1.82) is 0 Å². The molecule has 31 heavy (non-hydrogen) atoms. The lowest BCUT2D eigenvalue weighted by molar-refractivity contribution is -0.130. The van der Waals surface area contributed by atoms with Gasteiger partial charge in [0.15, 0.2) is 11.6 Å². The molecule has 1 aliphatic rings. The quantitative estimate of drug-likeness (QED) is 0.501. The molecule has 0 aliphatic carbocycles. The monoisotopic (exact) mass is 430 g/mol. The Labute approximate surface area is 180 Å². The van der Waals surface area contributed by atoms with E-state index in [4.69, 9.17) is 11.5 Å². The minimum absolute atomic E-state index is 0.0308. The summed E-state index contributed by atoms with van der Waals surface area (Å²) in [6, 6.07) is 9.68. The number of nitrogens with zero attached hydrogens (tertiary/aromatic N) is 2. The van der Waals surface area contributed by atoms with E-state index < -0.39 is 11.6 Å². The Morgan fingerprint density at radius 2 is 1.81 bits per heavy atom. The van der Waals surface area contributed by atoms with E-state index in [9.17, 15) is 13.6 Å². The van der Waals surface area contributed by atoms with Crippen molar-refractivity contribution in [2.24, 2.45) is 5.73 Å². The van der Waals surface area contributed by atoms with Crippen molar-refractivity contribution in [2.75, 3.05) is 55.7 Å². The number of nitrogen functional groups attached to an aromatic ring is 1. The summed E-state index contributed by atoms with van der Waals surface area (Å²) in [6.45, 7) is 1.93. The fraction of sp³-hybridized carbons (Fsp3) is 0.318. The highest BCUT2D eigenvalue weighted by Crippen LogP contribution is 2.28. The molecule has 1 fully saturated rings. The Balaban J connectivity index is 1.61. The second-order valence-corrected chi connectivity index (χ2v) is 7.47. The maximum absolute atomic E-state index is 14.7. The van der Waals surface area contributed by atoms with Gasteiger partial charge in [0.05, 0.1) is 6.42 Å². The van der Waals surface area contributed by atoms with Gasteiger partial charge >= 0.3 is 0 Å². The van der Waals surface area contributed by atoms with E-state index >= 15 is 0 Å². The largest absolute Gasteiger partial charge is 0.400 e. The molecule has 0 aromatic heterocycles. The van der Waals surface area contributed by atoms with Crippen molar-refractivity contribution >= 4 is 23.0 Å². The summed E-state index contributed by atoms with van der Waals surface area (Å²) < 4.78 is 29.3. The van der Waals surface area contributed by atoms with Crippen molar-refractivity contribution in [3.8, 4) is 0 Å².